The number of anilines is 1. The second kappa shape index (κ2) is 6.43. The number of ether oxygens (including phenoxy) is 1. The standard InChI is InChI=1S/C20H16FNO3/c21-15-6-3-7-16(12-15)22(13-17-8-4-10-24-17)20(23)19-11-14-5-1-2-9-18(14)25-19/h1-10,12,19H,11,13H2/t19-/m1/s1. The molecule has 0 spiro atoms. The molecule has 4 nitrogen and oxygen atoms in total. The number of hydrogen-bond donors (Lipinski definition) is 0. The van der Waals surface area contributed by atoms with Crippen molar-refractivity contribution in [2.45, 2.75) is 19.1 Å². The molecule has 1 atom stereocenters. The molecular formula is C20H16FNO3. The summed E-state index contributed by atoms with van der Waals surface area (Å²) < 4.78 is 24.8. The third kappa shape index (κ3) is 3.13. The van der Waals surface area contributed by atoms with Gasteiger partial charge in [-0.05, 0) is 42.0 Å². The highest BCUT2D eigenvalue weighted by Gasteiger charge is 2.33. The van der Waals surface area contributed by atoms with Crippen molar-refractivity contribution in [3.63, 3.8) is 0 Å². The van der Waals surface area contributed by atoms with Crippen LogP contribution in [0.15, 0.2) is 71.3 Å². The zero-order valence-electron chi connectivity index (χ0n) is 13.4. The molecule has 3 aromatic rings. The van der Waals surface area contributed by atoms with E-state index < -0.39 is 11.9 Å². The summed E-state index contributed by atoms with van der Waals surface area (Å²) in [6, 6.07) is 17.1. The van der Waals surface area contributed by atoms with E-state index in [1.54, 1.807) is 30.5 Å². The van der Waals surface area contributed by atoms with Gasteiger partial charge in [0.25, 0.3) is 5.91 Å². The number of nitrogens with zero attached hydrogens (tertiary/aromatic N) is 1. The molecule has 1 amide bonds. The van der Waals surface area contributed by atoms with Crippen molar-refractivity contribution in [1.82, 2.24) is 0 Å². The summed E-state index contributed by atoms with van der Waals surface area (Å²) in [6.45, 7) is 0.214. The first-order chi connectivity index (χ1) is 12.2. The minimum Gasteiger partial charge on any atom is -0.480 e. The van der Waals surface area contributed by atoms with Crippen LogP contribution >= 0.6 is 0 Å². The number of amides is 1. The minimum absolute atomic E-state index is 0.214. The summed E-state index contributed by atoms with van der Waals surface area (Å²) >= 11 is 0. The average molecular weight is 337 g/mol. The van der Waals surface area contributed by atoms with Crippen LogP contribution in [0, 0.1) is 5.82 Å². The molecule has 5 heteroatoms. The van der Waals surface area contributed by atoms with Gasteiger partial charge < -0.3 is 14.1 Å². The molecule has 0 aliphatic carbocycles. The fraction of sp³-hybridized carbons (Fsp3) is 0.150. The van der Waals surface area contributed by atoms with E-state index >= 15 is 0 Å². The minimum atomic E-state index is -0.629. The van der Waals surface area contributed by atoms with Gasteiger partial charge in [-0.15, -0.1) is 0 Å². The molecule has 1 aliphatic heterocycles. The quantitative estimate of drug-likeness (QED) is 0.724. The van der Waals surface area contributed by atoms with Crippen molar-refractivity contribution < 1.29 is 18.3 Å². The van der Waals surface area contributed by atoms with E-state index in [2.05, 4.69) is 0 Å². The highest BCUT2D eigenvalue weighted by Crippen LogP contribution is 2.30. The van der Waals surface area contributed by atoms with Gasteiger partial charge in [-0.25, -0.2) is 4.39 Å². The largest absolute Gasteiger partial charge is 0.480 e. The average Bonchev–Trinajstić information content (AvgIpc) is 3.28. The van der Waals surface area contributed by atoms with Gasteiger partial charge in [-0.1, -0.05) is 24.3 Å². The molecule has 1 aromatic heterocycles. The van der Waals surface area contributed by atoms with Crippen LogP contribution in [-0.4, -0.2) is 12.0 Å². The lowest BCUT2D eigenvalue weighted by Gasteiger charge is -2.24. The first kappa shape index (κ1) is 15.4. The van der Waals surface area contributed by atoms with E-state index in [-0.39, 0.29) is 12.5 Å². The Morgan fingerprint density at radius 3 is 2.76 bits per heavy atom. The second-order valence-electron chi connectivity index (χ2n) is 5.90. The molecule has 0 unspecified atom stereocenters. The topological polar surface area (TPSA) is 42.7 Å². The van der Waals surface area contributed by atoms with Gasteiger partial charge in [0.2, 0.25) is 0 Å². The summed E-state index contributed by atoms with van der Waals surface area (Å²) in [5, 5.41) is 0. The van der Waals surface area contributed by atoms with Crippen molar-refractivity contribution in [3.8, 4) is 5.75 Å². The van der Waals surface area contributed by atoms with Crippen LogP contribution in [0.1, 0.15) is 11.3 Å². The van der Waals surface area contributed by atoms with Crippen LogP contribution in [0.5, 0.6) is 5.75 Å². The number of carbonyl (C=O) groups is 1. The Balaban J connectivity index is 1.63. The fourth-order valence-electron chi connectivity index (χ4n) is 2.99. The number of rotatable bonds is 4. The van der Waals surface area contributed by atoms with Gasteiger partial charge >= 0.3 is 0 Å². The zero-order chi connectivity index (χ0) is 17.2. The molecule has 126 valence electrons. The molecule has 0 fully saturated rings. The predicted molar refractivity (Wildman–Crippen MR) is 90.9 cm³/mol. The van der Waals surface area contributed by atoms with Crippen LogP contribution < -0.4 is 9.64 Å². The smallest absolute Gasteiger partial charge is 0.268 e. The number of halogens is 1. The normalized spacial score (nSPS) is 15.5. The lowest BCUT2D eigenvalue weighted by atomic mass is 10.1. The molecule has 0 N–H and O–H groups in total. The Morgan fingerprint density at radius 1 is 1.12 bits per heavy atom. The first-order valence-corrected chi connectivity index (χ1v) is 8.04. The Hall–Kier alpha value is -3.08. The molecule has 2 aromatic carbocycles. The molecule has 0 bridgehead atoms. The third-order valence-electron chi connectivity index (χ3n) is 4.20. The van der Waals surface area contributed by atoms with Crippen molar-refractivity contribution in [1.29, 1.82) is 0 Å². The van der Waals surface area contributed by atoms with E-state index in [1.165, 1.54) is 17.0 Å². The predicted octanol–water partition coefficient (Wildman–Crippen LogP) is 3.96. The maximum absolute atomic E-state index is 13.7. The van der Waals surface area contributed by atoms with E-state index in [1.807, 2.05) is 24.3 Å². The SMILES string of the molecule is O=C([C@H]1Cc2ccccc2O1)N(Cc1ccco1)c1cccc(F)c1. The first-order valence-electron chi connectivity index (χ1n) is 8.04. The van der Waals surface area contributed by atoms with Gasteiger partial charge in [-0.3, -0.25) is 4.79 Å². The molecule has 1 aliphatic rings. The van der Waals surface area contributed by atoms with Gasteiger partial charge in [0.05, 0.1) is 12.8 Å². The Bertz CT molecular complexity index is 866. The molecule has 0 saturated heterocycles. The maximum atomic E-state index is 13.7. The molecule has 25 heavy (non-hydrogen) atoms. The number of carbonyl (C=O) groups excluding carboxylic acids is 1. The molecule has 2 heterocycles. The zero-order valence-corrected chi connectivity index (χ0v) is 13.4. The highest BCUT2D eigenvalue weighted by molar-refractivity contribution is 5.97. The van der Waals surface area contributed by atoms with E-state index in [4.69, 9.17) is 9.15 Å². The third-order valence-corrected chi connectivity index (χ3v) is 4.20. The number of para-hydroxylation sites is 1. The number of hydrogen-bond acceptors (Lipinski definition) is 3. The summed E-state index contributed by atoms with van der Waals surface area (Å²) in [7, 11) is 0. The van der Waals surface area contributed by atoms with Gasteiger partial charge in [0.1, 0.15) is 17.3 Å². The fourth-order valence-corrected chi connectivity index (χ4v) is 2.99. The van der Waals surface area contributed by atoms with Crippen LogP contribution in [-0.2, 0) is 17.8 Å². The monoisotopic (exact) mass is 337 g/mol. The van der Waals surface area contributed by atoms with Gasteiger partial charge in [0.15, 0.2) is 6.10 Å². The highest BCUT2D eigenvalue weighted by atomic mass is 19.1. The molecule has 4 rings (SSSR count). The van der Waals surface area contributed by atoms with Crippen molar-refractivity contribution in [2.24, 2.45) is 0 Å². The number of benzene rings is 2. The number of fused-ring (bicyclic) bond motifs is 1. The lowest BCUT2D eigenvalue weighted by molar-refractivity contribution is -0.124. The van der Waals surface area contributed by atoms with E-state index in [0.29, 0.717) is 17.9 Å². The van der Waals surface area contributed by atoms with Crippen LogP contribution in [0.25, 0.3) is 0 Å². The molecule has 0 saturated carbocycles. The summed E-state index contributed by atoms with van der Waals surface area (Å²) in [5.74, 6) is 0.717. The molecular weight excluding hydrogens is 321 g/mol. The maximum Gasteiger partial charge on any atom is 0.268 e. The summed E-state index contributed by atoms with van der Waals surface area (Å²) in [6.07, 6.45) is 1.42. The van der Waals surface area contributed by atoms with Gasteiger partial charge in [-0.2, -0.15) is 0 Å². The Kier molecular flexibility index (Phi) is 3.98. The second-order valence-corrected chi connectivity index (χ2v) is 5.90. The summed E-state index contributed by atoms with van der Waals surface area (Å²) in [4.78, 5) is 14.6. The van der Waals surface area contributed by atoms with Crippen LogP contribution in [0.2, 0.25) is 0 Å². The van der Waals surface area contributed by atoms with Crippen LogP contribution in [0.4, 0.5) is 10.1 Å². The molecule has 0 radical (unpaired) electrons. The van der Waals surface area contributed by atoms with E-state index in [0.717, 1.165) is 11.3 Å². The lowest BCUT2D eigenvalue weighted by Crippen LogP contribution is -2.41. The van der Waals surface area contributed by atoms with Gasteiger partial charge in [0, 0.05) is 12.1 Å². The van der Waals surface area contributed by atoms with Crippen molar-refractivity contribution in [3.05, 3.63) is 84.1 Å². The Morgan fingerprint density at radius 2 is 2.00 bits per heavy atom. The van der Waals surface area contributed by atoms with Crippen molar-refractivity contribution >= 4 is 11.6 Å². The summed E-state index contributed by atoms with van der Waals surface area (Å²) in [5.41, 5.74) is 1.47. The Labute approximate surface area is 144 Å². The van der Waals surface area contributed by atoms with Crippen molar-refractivity contribution in [2.75, 3.05) is 4.90 Å². The number of furan rings is 1. The van der Waals surface area contributed by atoms with E-state index in [9.17, 15) is 9.18 Å². The van der Waals surface area contributed by atoms with Crippen LogP contribution in [0.3, 0.4) is 0 Å².